The van der Waals surface area contributed by atoms with Gasteiger partial charge >= 0.3 is 5.97 Å². The molecule has 0 bridgehead atoms. The molecular weight excluding hydrogens is 264 g/mol. The molecule has 0 saturated carbocycles. The summed E-state index contributed by atoms with van der Waals surface area (Å²) in [6, 6.07) is 9.52. The van der Waals surface area contributed by atoms with Gasteiger partial charge < -0.3 is 10.1 Å². The second kappa shape index (κ2) is 6.57. The standard InChI is InChI=1S/C17H22N2O2/c1-11(2)10-21-17(20)13(4)19-15-7-8-16-14(9-15)6-5-12(3)18-16/h5-9,11,13,19H,10H2,1-4H3/t13-/m0/s1. The molecule has 1 N–H and O–H groups in total. The molecule has 0 aliphatic carbocycles. The van der Waals surface area contributed by atoms with Crippen LogP contribution in [0.5, 0.6) is 0 Å². The fraction of sp³-hybridized carbons (Fsp3) is 0.412. The first-order chi connectivity index (χ1) is 9.95. The molecule has 2 rings (SSSR count). The third-order valence-corrected chi connectivity index (χ3v) is 3.12. The summed E-state index contributed by atoms with van der Waals surface area (Å²) in [7, 11) is 0. The fourth-order valence-electron chi connectivity index (χ4n) is 2.00. The molecule has 2 aromatic rings. The normalized spacial score (nSPS) is 12.4. The molecule has 0 fully saturated rings. The highest BCUT2D eigenvalue weighted by Crippen LogP contribution is 2.19. The number of nitrogens with zero attached hydrogens (tertiary/aromatic N) is 1. The smallest absolute Gasteiger partial charge is 0.328 e. The zero-order chi connectivity index (χ0) is 15.4. The first-order valence-corrected chi connectivity index (χ1v) is 7.26. The molecule has 112 valence electrons. The fourth-order valence-corrected chi connectivity index (χ4v) is 2.00. The van der Waals surface area contributed by atoms with E-state index in [0.29, 0.717) is 12.5 Å². The average molecular weight is 286 g/mol. The number of aryl methyl sites for hydroxylation is 1. The second-order valence-electron chi connectivity index (χ2n) is 5.75. The predicted molar refractivity (Wildman–Crippen MR) is 85.4 cm³/mol. The Morgan fingerprint density at radius 3 is 2.71 bits per heavy atom. The van der Waals surface area contributed by atoms with Crippen LogP contribution in [-0.4, -0.2) is 23.6 Å². The molecule has 1 atom stereocenters. The van der Waals surface area contributed by atoms with Gasteiger partial charge in [-0.2, -0.15) is 0 Å². The summed E-state index contributed by atoms with van der Waals surface area (Å²) in [5, 5.41) is 4.22. The highest BCUT2D eigenvalue weighted by molar-refractivity contribution is 5.84. The number of anilines is 1. The molecular formula is C17H22N2O2. The summed E-state index contributed by atoms with van der Waals surface area (Å²) in [6.07, 6.45) is 0. The van der Waals surface area contributed by atoms with Crippen LogP contribution in [0.25, 0.3) is 10.9 Å². The van der Waals surface area contributed by atoms with Crippen LogP contribution in [0.15, 0.2) is 30.3 Å². The number of benzene rings is 1. The Balaban J connectivity index is 2.05. The SMILES string of the molecule is Cc1ccc2cc(N[C@@H](C)C(=O)OCC(C)C)ccc2n1. The van der Waals surface area contributed by atoms with E-state index in [0.717, 1.165) is 22.3 Å². The average Bonchev–Trinajstić information content (AvgIpc) is 2.44. The first-order valence-electron chi connectivity index (χ1n) is 7.26. The van der Waals surface area contributed by atoms with Crippen LogP contribution >= 0.6 is 0 Å². The van der Waals surface area contributed by atoms with E-state index in [1.807, 2.05) is 51.1 Å². The van der Waals surface area contributed by atoms with Gasteiger partial charge in [-0.25, -0.2) is 4.79 Å². The summed E-state index contributed by atoms with van der Waals surface area (Å²) in [5.74, 6) is 0.113. The zero-order valence-electron chi connectivity index (χ0n) is 13.0. The maximum atomic E-state index is 11.9. The topological polar surface area (TPSA) is 51.2 Å². The maximum Gasteiger partial charge on any atom is 0.328 e. The number of esters is 1. The number of hydrogen-bond acceptors (Lipinski definition) is 4. The van der Waals surface area contributed by atoms with E-state index in [4.69, 9.17) is 4.74 Å². The van der Waals surface area contributed by atoms with Crippen molar-refractivity contribution in [1.82, 2.24) is 4.98 Å². The van der Waals surface area contributed by atoms with Gasteiger partial charge in [-0.1, -0.05) is 19.9 Å². The van der Waals surface area contributed by atoms with Gasteiger partial charge in [0.1, 0.15) is 6.04 Å². The Labute approximate surface area is 125 Å². The summed E-state index contributed by atoms with van der Waals surface area (Å²) >= 11 is 0. The van der Waals surface area contributed by atoms with Gasteiger partial charge in [0.25, 0.3) is 0 Å². The number of pyridine rings is 1. The van der Waals surface area contributed by atoms with Crippen molar-refractivity contribution in [3.05, 3.63) is 36.0 Å². The monoisotopic (exact) mass is 286 g/mol. The van der Waals surface area contributed by atoms with Crippen molar-refractivity contribution in [3.8, 4) is 0 Å². The largest absolute Gasteiger partial charge is 0.464 e. The Bertz CT molecular complexity index is 638. The lowest BCUT2D eigenvalue weighted by atomic mass is 10.1. The zero-order valence-corrected chi connectivity index (χ0v) is 13.0. The van der Waals surface area contributed by atoms with Gasteiger partial charge in [-0.05, 0) is 44.0 Å². The summed E-state index contributed by atoms with van der Waals surface area (Å²) in [5.41, 5.74) is 2.84. The molecule has 0 aliphatic heterocycles. The molecule has 1 aromatic heterocycles. The lowest BCUT2D eigenvalue weighted by Gasteiger charge is -2.16. The van der Waals surface area contributed by atoms with Crippen molar-refractivity contribution >= 4 is 22.6 Å². The Morgan fingerprint density at radius 2 is 2.00 bits per heavy atom. The first kappa shape index (κ1) is 15.3. The van der Waals surface area contributed by atoms with Crippen LogP contribution in [0.4, 0.5) is 5.69 Å². The minimum atomic E-state index is -0.375. The van der Waals surface area contributed by atoms with E-state index in [9.17, 15) is 4.79 Å². The van der Waals surface area contributed by atoms with E-state index >= 15 is 0 Å². The van der Waals surface area contributed by atoms with Gasteiger partial charge in [0.05, 0.1) is 12.1 Å². The lowest BCUT2D eigenvalue weighted by Crippen LogP contribution is -2.29. The van der Waals surface area contributed by atoms with Gasteiger partial charge in [-0.15, -0.1) is 0 Å². The van der Waals surface area contributed by atoms with Crippen LogP contribution in [0.1, 0.15) is 26.5 Å². The Hall–Kier alpha value is -2.10. The minimum Gasteiger partial charge on any atom is -0.464 e. The number of carbonyl (C=O) groups is 1. The quantitative estimate of drug-likeness (QED) is 0.854. The van der Waals surface area contributed by atoms with E-state index in [1.165, 1.54) is 0 Å². The van der Waals surface area contributed by atoms with Crippen LogP contribution < -0.4 is 5.32 Å². The second-order valence-corrected chi connectivity index (χ2v) is 5.75. The Kier molecular flexibility index (Phi) is 4.78. The molecule has 4 nitrogen and oxygen atoms in total. The van der Waals surface area contributed by atoms with E-state index in [-0.39, 0.29) is 12.0 Å². The number of rotatable bonds is 5. The minimum absolute atomic E-state index is 0.231. The van der Waals surface area contributed by atoms with Crippen molar-refractivity contribution in [2.75, 3.05) is 11.9 Å². The van der Waals surface area contributed by atoms with Crippen molar-refractivity contribution in [2.24, 2.45) is 5.92 Å². The van der Waals surface area contributed by atoms with Crippen molar-refractivity contribution in [2.45, 2.75) is 33.7 Å². The third-order valence-electron chi connectivity index (χ3n) is 3.12. The molecule has 0 spiro atoms. The van der Waals surface area contributed by atoms with Crippen LogP contribution in [0.3, 0.4) is 0 Å². The van der Waals surface area contributed by atoms with Gasteiger partial charge in [0.15, 0.2) is 0 Å². The van der Waals surface area contributed by atoms with Gasteiger partial charge in [0, 0.05) is 16.8 Å². The number of fused-ring (bicyclic) bond motifs is 1. The molecule has 0 saturated heterocycles. The number of ether oxygens (including phenoxy) is 1. The van der Waals surface area contributed by atoms with E-state index in [1.54, 1.807) is 6.92 Å². The molecule has 0 aliphatic rings. The summed E-state index contributed by atoms with van der Waals surface area (Å²) < 4.78 is 5.23. The number of carbonyl (C=O) groups excluding carboxylic acids is 1. The number of nitrogens with one attached hydrogen (secondary N) is 1. The van der Waals surface area contributed by atoms with Crippen LogP contribution in [0, 0.1) is 12.8 Å². The van der Waals surface area contributed by atoms with Crippen molar-refractivity contribution < 1.29 is 9.53 Å². The van der Waals surface area contributed by atoms with Crippen molar-refractivity contribution in [1.29, 1.82) is 0 Å². The molecule has 0 radical (unpaired) electrons. The van der Waals surface area contributed by atoms with Gasteiger partial charge in [0.2, 0.25) is 0 Å². The molecule has 0 unspecified atom stereocenters. The molecule has 1 aromatic carbocycles. The van der Waals surface area contributed by atoms with Crippen LogP contribution in [-0.2, 0) is 9.53 Å². The molecule has 4 heteroatoms. The lowest BCUT2D eigenvalue weighted by molar-refractivity contribution is -0.145. The summed E-state index contributed by atoms with van der Waals surface area (Å²) in [6.45, 7) is 8.26. The maximum absolute atomic E-state index is 11.9. The third kappa shape index (κ3) is 4.18. The van der Waals surface area contributed by atoms with Gasteiger partial charge in [-0.3, -0.25) is 4.98 Å². The predicted octanol–water partition coefficient (Wildman–Crippen LogP) is 3.54. The highest BCUT2D eigenvalue weighted by atomic mass is 16.5. The summed E-state index contributed by atoms with van der Waals surface area (Å²) in [4.78, 5) is 16.3. The number of aromatic nitrogens is 1. The molecule has 0 amide bonds. The number of hydrogen-bond donors (Lipinski definition) is 1. The van der Waals surface area contributed by atoms with Crippen molar-refractivity contribution in [3.63, 3.8) is 0 Å². The Morgan fingerprint density at radius 1 is 1.24 bits per heavy atom. The molecule has 21 heavy (non-hydrogen) atoms. The van der Waals surface area contributed by atoms with E-state index < -0.39 is 0 Å². The van der Waals surface area contributed by atoms with E-state index in [2.05, 4.69) is 10.3 Å². The van der Waals surface area contributed by atoms with Crippen LogP contribution in [0.2, 0.25) is 0 Å². The molecule has 1 heterocycles. The highest BCUT2D eigenvalue weighted by Gasteiger charge is 2.14.